The molecule has 1 aromatic rings. The number of rotatable bonds is 5. The molecule has 0 N–H and O–H groups in total. The van der Waals surface area contributed by atoms with Gasteiger partial charge in [-0.2, -0.15) is 0 Å². The van der Waals surface area contributed by atoms with Crippen molar-refractivity contribution >= 4 is 5.97 Å². The minimum atomic E-state index is -1.04. The maximum Gasteiger partial charge on any atom is 0.256 e. The number of aliphatic carboxylic acids is 1. The number of aryl methyl sites for hydroxylation is 1. The summed E-state index contributed by atoms with van der Waals surface area (Å²) in [5.41, 5.74) is 0. The molecule has 0 aliphatic rings. The molecule has 0 saturated carbocycles. The van der Waals surface area contributed by atoms with Crippen LogP contribution in [0.15, 0.2) is 12.4 Å². The molecule has 0 bridgehead atoms. The summed E-state index contributed by atoms with van der Waals surface area (Å²) in [6, 6.07) is 0. The average Bonchev–Trinajstić information content (AvgIpc) is 2.47. The first-order valence-electron chi connectivity index (χ1n) is 4.96. The van der Waals surface area contributed by atoms with Gasteiger partial charge >= 0.3 is 0 Å². The van der Waals surface area contributed by atoms with Gasteiger partial charge in [-0.1, -0.05) is 13.8 Å². The Hall–Kier alpha value is -1.32. The van der Waals surface area contributed by atoms with E-state index in [0.717, 1.165) is 25.2 Å². The largest absolute Gasteiger partial charge is 0.546 e. The van der Waals surface area contributed by atoms with Crippen molar-refractivity contribution in [3.63, 3.8) is 0 Å². The topological polar surface area (TPSA) is 48.9 Å². The first kappa shape index (κ1) is 10.8. The number of carbonyl (C=O) groups is 1. The number of hydrogen-bond acceptors (Lipinski definition) is 2. The van der Waals surface area contributed by atoms with Gasteiger partial charge < -0.3 is 9.90 Å². The quantitative estimate of drug-likeness (QED) is 0.596. The molecule has 0 aliphatic carbocycles. The molecule has 0 amide bonds. The van der Waals surface area contributed by atoms with E-state index >= 15 is 0 Å². The van der Waals surface area contributed by atoms with Crippen LogP contribution < -0.4 is 9.67 Å². The standard InChI is InChI=1S/C10H16N2O2/c1-3-5-11-6-7-12(8-10(13)14)9(11)4-2/h6-7H,3-5,8H2,1-2H3. The number of imidazole rings is 1. The normalized spacial score (nSPS) is 10.4. The minimum Gasteiger partial charge on any atom is -0.546 e. The Bertz CT molecular complexity index is 318. The number of carbonyl (C=O) groups excluding carboxylic acids is 1. The fraction of sp³-hybridized carbons (Fsp3) is 0.600. The van der Waals surface area contributed by atoms with Crippen LogP contribution in [0.5, 0.6) is 0 Å². The summed E-state index contributed by atoms with van der Waals surface area (Å²) in [7, 11) is 0. The molecule has 0 spiro atoms. The van der Waals surface area contributed by atoms with Crippen LogP contribution in [0, 0.1) is 0 Å². The molecular weight excluding hydrogens is 180 g/mol. The average molecular weight is 196 g/mol. The van der Waals surface area contributed by atoms with Gasteiger partial charge in [0.25, 0.3) is 5.82 Å². The zero-order valence-electron chi connectivity index (χ0n) is 8.69. The van der Waals surface area contributed by atoms with E-state index in [0.29, 0.717) is 0 Å². The molecule has 1 rings (SSSR count). The Morgan fingerprint density at radius 3 is 2.79 bits per heavy atom. The third kappa shape index (κ3) is 2.34. The van der Waals surface area contributed by atoms with E-state index in [1.54, 1.807) is 10.8 Å². The van der Waals surface area contributed by atoms with Gasteiger partial charge in [0.2, 0.25) is 0 Å². The first-order chi connectivity index (χ1) is 6.69. The van der Waals surface area contributed by atoms with Crippen LogP contribution >= 0.6 is 0 Å². The number of carboxylic acids is 1. The first-order valence-corrected chi connectivity index (χ1v) is 4.96. The lowest BCUT2D eigenvalue weighted by Crippen LogP contribution is -2.45. The highest BCUT2D eigenvalue weighted by atomic mass is 16.4. The zero-order valence-corrected chi connectivity index (χ0v) is 8.69. The van der Waals surface area contributed by atoms with Crippen LogP contribution in [-0.4, -0.2) is 10.5 Å². The second-order valence-corrected chi connectivity index (χ2v) is 3.26. The van der Waals surface area contributed by atoms with Gasteiger partial charge in [0.1, 0.15) is 18.9 Å². The van der Waals surface area contributed by atoms with Crippen molar-refractivity contribution < 1.29 is 14.5 Å². The van der Waals surface area contributed by atoms with Crippen LogP contribution in [0.2, 0.25) is 0 Å². The number of aromatic nitrogens is 2. The molecule has 4 nitrogen and oxygen atoms in total. The minimum absolute atomic E-state index is 0.0557. The SMILES string of the molecule is CCCn1cc[n+](CC(=O)[O-])c1CC. The molecule has 14 heavy (non-hydrogen) atoms. The lowest BCUT2D eigenvalue weighted by Gasteiger charge is -2.02. The van der Waals surface area contributed by atoms with E-state index < -0.39 is 5.97 Å². The molecule has 1 aromatic heterocycles. The lowest BCUT2D eigenvalue weighted by atomic mass is 10.4. The second-order valence-electron chi connectivity index (χ2n) is 3.26. The molecule has 0 aliphatic heterocycles. The van der Waals surface area contributed by atoms with Crippen LogP contribution in [0.25, 0.3) is 0 Å². The fourth-order valence-electron chi connectivity index (χ4n) is 1.63. The van der Waals surface area contributed by atoms with Crippen LogP contribution in [-0.2, 0) is 24.3 Å². The maximum absolute atomic E-state index is 10.5. The smallest absolute Gasteiger partial charge is 0.256 e. The molecule has 0 saturated heterocycles. The van der Waals surface area contributed by atoms with Crippen molar-refractivity contribution in [2.75, 3.05) is 0 Å². The summed E-state index contributed by atoms with van der Waals surface area (Å²) in [4.78, 5) is 10.5. The molecule has 78 valence electrons. The third-order valence-corrected chi connectivity index (χ3v) is 2.17. The van der Waals surface area contributed by atoms with E-state index in [1.165, 1.54) is 0 Å². The van der Waals surface area contributed by atoms with Gasteiger partial charge in [-0.15, -0.1) is 0 Å². The lowest BCUT2D eigenvalue weighted by molar-refractivity contribution is -0.697. The highest BCUT2D eigenvalue weighted by Gasteiger charge is 2.13. The van der Waals surface area contributed by atoms with Crippen molar-refractivity contribution in [3.05, 3.63) is 18.2 Å². The number of carboxylic acid groups (broad SMARTS) is 1. The van der Waals surface area contributed by atoms with E-state index in [4.69, 9.17) is 0 Å². The molecule has 0 aromatic carbocycles. The van der Waals surface area contributed by atoms with Crippen LogP contribution in [0.1, 0.15) is 26.1 Å². The Morgan fingerprint density at radius 1 is 1.57 bits per heavy atom. The van der Waals surface area contributed by atoms with E-state index in [2.05, 4.69) is 11.5 Å². The van der Waals surface area contributed by atoms with Crippen molar-refractivity contribution in [1.29, 1.82) is 0 Å². The van der Waals surface area contributed by atoms with Gasteiger partial charge in [0.05, 0.1) is 12.5 Å². The van der Waals surface area contributed by atoms with E-state index in [-0.39, 0.29) is 6.54 Å². The predicted molar refractivity (Wildman–Crippen MR) is 49.3 cm³/mol. The van der Waals surface area contributed by atoms with Gasteiger partial charge in [-0.05, 0) is 6.42 Å². The number of hydrogen-bond donors (Lipinski definition) is 0. The molecule has 0 unspecified atom stereocenters. The second kappa shape index (κ2) is 4.79. The van der Waals surface area contributed by atoms with Gasteiger partial charge in [0.15, 0.2) is 0 Å². The van der Waals surface area contributed by atoms with Crippen molar-refractivity contribution in [2.45, 2.75) is 39.8 Å². The van der Waals surface area contributed by atoms with Gasteiger partial charge in [-0.3, -0.25) is 0 Å². The summed E-state index contributed by atoms with van der Waals surface area (Å²) in [6.45, 7) is 5.00. The monoisotopic (exact) mass is 196 g/mol. The zero-order chi connectivity index (χ0) is 10.6. The summed E-state index contributed by atoms with van der Waals surface area (Å²) >= 11 is 0. The van der Waals surface area contributed by atoms with Crippen molar-refractivity contribution in [3.8, 4) is 0 Å². The molecule has 0 fully saturated rings. The van der Waals surface area contributed by atoms with Gasteiger partial charge in [-0.25, -0.2) is 9.13 Å². The Morgan fingerprint density at radius 2 is 2.29 bits per heavy atom. The van der Waals surface area contributed by atoms with E-state index in [1.807, 2.05) is 13.1 Å². The summed E-state index contributed by atoms with van der Waals surface area (Å²) in [6.07, 6.45) is 5.60. The Balaban J connectivity index is 2.88. The molecule has 1 heterocycles. The molecule has 0 radical (unpaired) electrons. The van der Waals surface area contributed by atoms with Crippen LogP contribution in [0.3, 0.4) is 0 Å². The molecule has 0 atom stereocenters. The van der Waals surface area contributed by atoms with Crippen molar-refractivity contribution in [1.82, 2.24) is 4.57 Å². The highest BCUT2D eigenvalue weighted by molar-refractivity contribution is 5.62. The summed E-state index contributed by atoms with van der Waals surface area (Å²) < 4.78 is 3.81. The van der Waals surface area contributed by atoms with Crippen LogP contribution in [0.4, 0.5) is 0 Å². The van der Waals surface area contributed by atoms with Crippen molar-refractivity contribution in [2.24, 2.45) is 0 Å². The summed E-state index contributed by atoms with van der Waals surface area (Å²) in [5, 5.41) is 10.5. The van der Waals surface area contributed by atoms with E-state index in [9.17, 15) is 9.90 Å². The molecular formula is C10H16N2O2. The Kier molecular flexibility index (Phi) is 3.68. The Labute approximate surface area is 83.8 Å². The number of nitrogens with zero attached hydrogens (tertiary/aromatic N) is 2. The third-order valence-electron chi connectivity index (χ3n) is 2.17. The predicted octanol–water partition coefficient (Wildman–Crippen LogP) is -0.502. The summed E-state index contributed by atoms with van der Waals surface area (Å²) in [5.74, 6) is -0.00463. The molecule has 4 heteroatoms. The van der Waals surface area contributed by atoms with Gasteiger partial charge in [0, 0.05) is 6.42 Å². The fourth-order valence-corrected chi connectivity index (χ4v) is 1.63. The highest BCUT2D eigenvalue weighted by Crippen LogP contribution is 1.98. The maximum atomic E-state index is 10.5.